The summed E-state index contributed by atoms with van der Waals surface area (Å²) in [5, 5.41) is 0. The minimum absolute atomic E-state index is 0.0696. The highest BCUT2D eigenvalue weighted by Gasteiger charge is 2.19. The van der Waals surface area contributed by atoms with E-state index in [4.69, 9.17) is 0 Å². The normalized spacial score (nSPS) is 13.4. The number of anilines is 1. The van der Waals surface area contributed by atoms with Crippen LogP contribution in [0.4, 0.5) is 5.95 Å². The quantitative estimate of drug-likeness (QED) is 0.782. The molecule has 0 radical (unpaired) electrons. The van der Waals surface area contributed by atoms with E-state index >= 15 is 0 Å². The number of sulfonamides is 1. The lowest BCUT2D eigenvalue weighted by molar-refractivity contribution is 0.600. The zero-order chi connectivity index (χ0) is 17.3. The SMILES string of the molecule is O=S(=O)(Nc1ncc(-c2ccccc2)cn1)c1ccc2c(c1)CCC2. The van der Waals surface area contributed by atoms with Crippen LogP contribution in [0.3, 0.4) is 0 Å². The molecule has 1 aromatic heterocycles. The highest BCUT2D eigenvalue weighted by Crippen LogP contribution is 2.25. The highest BCUT2D eigenvalue weighted by atomic mass is 32.2. The Bertz CT molecular complexity index is 1000. The molecule has 3 aromatic rings. The van der Waals surface area contributed by atoms with E-state index in [0.29, 0.717) is 0 Å². The van der Waals surface area contributed by atoms with Crippen molar-refractivity contribution in [2.45, 2.75) is 24.2 Å². The zero-order valence-corrected chi connectivity index (χ0v) is 14.3. The second-order valence-electron chi connectivity index (χ2n) is 6.05. The minimum atomic E-state index is -3.69. The lowest BCUT2D eigenvalue weighted by atomic mass is 10.1. The number of aryl methyl sites for hydroxylation is 2. The molecule has 2 aromatic carbocycles. The van der Waals surface area contributed by atoms with Crippen molar-refractivity contribution in [3.63, 3.8) is 0 Å². The van der Waals surface area contributed by atoms with Gasteiger partial charge in [-0.25, -0.2) is 23.1 Å². The predicted octanol–water partition coefficient (Wildman–Crippen LogP) is 3.43. The number of benzene rings is 2. The molecule has 126 valence electrons. The van der Waals surface area contributed by atoms with Crippen molar-refractivity contribution in [3.05, 3.63) is 72.1 Å². The van der Waals surface area contributed by atoms with Gasteiger partial charge in [-0.05, 0) is 48.1 Å². The summed E-state index contributed by atoms with van der Waals surface area (Å²) in [6, 6.07) is 15.0. The Labute approximate surface area is 146 Å². The Morgan fingerprint density at radius 2 is 1.56 bits per heavy atom. The van der Waals surface area contributed by atoms with E-state index in [1.165, 1.54) is 5.56 Å². The molecule has 0 aliphatic heterocycles. The first-order valence-electron chi connectivity index (χ1n) is 8.14. The van der Waals surface area contributed by atoms with Crippen LogP contribution >= 0.6 is 0 Å². The Balaban J connectivity index is 1.57. The Morgan fingerprint density at radius 3 is 2.32 bits per heavy atom. The van der Waals surface area contributed by atoms with E-state index in [0.717, 1.165) is 36.0 Å². The molecular formula is C19H17N3O2S. The molecule has 1 aliphatic carbocycles. The highest BCUT2D eigenvalue weighted by molar-refractivity contribution is 7.92. The van der Waals surface area contributed by atoms with Crippen molar-refractivity contribution in [1.29, 1.82) is 0 Å². The average Bonchev–Trinajstić information content (AvgIpc) is 3.10. The fourth-order valence-corrected chi connectivity index (χ4v) is 4.06. The molecule has 0 bridgehead atoms. The van der Waals surface area contributed by atoms with Crippen molar-refractivity contribution in [3.8, 4) is 11.1 Å². The van der Waals surface area contributed by atoms with E-state index < -0.39 is 10.0 Å². The van der Waals surface area contributed by atoms with Crippen LogP contribution in [0.25, 0.3) is 11.1 Å². The molecule has 0 atom stereocenters. The number of hydrogen-bond acceptors (Lipinski definition) is 4. The van der Waals surface area contributed by atoms with Crippen LogP contribution in [-0.4, -0.2) is 18.4 Å². The van der Waals surface area contributed by atoms with E-state index in [2.05, 4.69) is 14.7 Å². The first-order chi connectivity index (χ1) is 12.1. The Hall–Kier alpha value is -2.73. The van der Waals surface area contributed by atoms with Crippen molar-refractivity contribution < 1.29 is 8.42 Å². The van der Waals surface area contributed by atoms with E-state index in [9.17, 15) is 8.42 Å². The summed E-state index contributed by atoms with van der Waals surface area (Å²) in [5.74, 6) is 0.0696. The number of nitrogens with zero attached hydrogens (tertiary/aromatic N) is 2. The third-order valence-corrected chi connectivity index (χ3v) is 5.69. The van der Waals surface area contributed by atoms with Gasteiger partial charge in [0, 0.05) is 18.0 Å². The van der Waals surface area contributed by atoms with E-state index in [1.54, 1.807) is 24.5 Å². The van der Waals surface area contributed by atoms with Crippen LogP contribution in [0.1, 0.15) is 17.5 Å². The Kier molecular flexibility index (Phi) is 3.97. The molecule has 0 unspecified atom stereocenters. The second kappa shape index (κ2) is 6.29. The molecule has 0 fully saturated rings. The number of nitrogens with one attached hydrogen (secondary N) is 1. The largest absolute Gasteiger partial charge is 0.264 e. The molecule has 0 amide bonds. The monoisotopic (exact) mass is 351 g/mol. The fourth-order valence-electron chi connectivity index (χ4n) is 3.05. The molecule has 0 saturated carbocycles. The average molecular weight is 351 g/mol. The van der Waals surface area contributed by atoms with Crippen LogP contribution in [0, 0.1) is 0 Å². The number of aromatic nitrogens is 2. The van der Waals surface area contributed by atoms with Gasteiger partial charge in [-0.2, -0.15) is 0 Å². The van der Waals surface area contributed by atoms with Crippen molar-refractivity contribution in [2.24, 2.45) is 0 Å². The predicted molar refractivity (Wildman–Crippen MR) is 96.7 cm³/mol. The Morgan fingerprint density at radius 1 is 0.840 bits per heavy atom. The van der Waals surface area contributed by atoms with E-state index in [1.807, 2.05) is 36.4 Å². The lowest BCUT2D eigenvalue weighted by Gasteiger charge is -2.09. The fraction of sp³-hybridized carbons (Fsp3) is 0.158. The molecule has 1 aliphatic rings. The first-order valence-corrected chi connectivity index (χ1v) is 9.62. The summed E-state index contributed by atoms with van der Waals surface area (Å²) >= 11 is 0. The first kappa shape index (κ1) is 15.8. The summed E-state index contributed by atoms with van der Waals surface area (Å²) in [4.78, 5) is 8.53. The molecule has 25 heavy (non-hydrogen) atoms. The lowest BCUT2D eigenvalue weighted by Crippen LogP contribution is -2.15. The van der Waals surface area contributed by atoms with Crippen molar-refractivity contribution in [2.75, 3.05) is 4.72 Å². The van der Waals surface area contributed by atoms with Gasteiger partial charge >= 0.3 is 0 Å². The molecule has 0 saturated heterocycles. The van der Waals surface area contributed by atoms with Crippen molar-refractivity contribution >= 4 is 16.0 Å². The standard InChI is InChI=1S/C19H17N3O2S/c23-25(24,18-10-9-15-7-4-8-16(15)11-18)22-19-20-12-17(13-21-19)14-5-2-1-3-6-14/h1-3,5-6,9-13H,4,7-8H2,(H,20,21,22). The summed E-state index contributed by atoms with van der Waals surface area (Å²) < 4.78 is 27.6. The third kappa shape index (κ3) is 3.25. The second-order valence-corrected chi connectivity index (χ2v) is 7.73. The summed E-state index contributed by atoms with van der Waals surface area (Å²) in [6.07, 6.45) is 6.26. The van der Waals surface area contributed by atoms with Gasteiger partial charge < -0.3 is 0 Å². The summed E-state index contributed by atoms with van der Waals surface area (Å²) in [6.45, 7) is 0. The van der Waals surface area contributed by atoms with Gasteiger partial charge in [0.2, 0.25) is 5.95 Å². The van der Waals surface area contributed by atoms with Gasteiger partial charge in [-0.15, -0.1) is 0 Å². The summed E-state index contributed by atoms with van der Waals surface area (Å²) in [5.41, 5.74) is 4.17. The van der Waals surface area contributed by atoms with Gasteiger partial charge in [0.15, 0.2) is 0 Å². The maximum absolute atomic E-state index is 12.6. The van der Waals surface area contributed by atoms with Gasteiger partial charge in [0.1, 0.15) is 0 Å². The van der Waals surface area contributed by atoms with Crippen LogP contribution in [0.5, 0.6) is 0 Å². The number of fused-ring (bicyclic) bond motifs is 1. The van der Waals surface area contributed by atoms with Gasteiger partial charge in [-0.1, -0.05) is 36.4 Å². The zero-order valence-electron chi connectivity index (χ0n) is 13.5. The van der Waals surface area contributed by atoms with Gasteiger partial charge in [-0.3, -0.25) is 0 Å². The van der Waals surface area contributed by atoms with Crippen LogP contribution in [0.15, 0.2) is 65.8 Å². The smallest absolute Gasteiger partial charge is 0.247 e. The van der Waals surface area contributed by atoms with Crippen LogP contribution < -0.4 is 4.72 Å². The third-order valence-electron chi connectivity index (χ3n) is 4.36. The topological polar surface area (TPSA) is 72.0 Å². The summed E-state index contributed by atoms with van der Waals surface area (Å²) in [7, 11) is -3.69. The number of rotatable bonds is 4. The van der Waals surface area contributed by atoms with Crippen LogP contribution in [-0.2, 0) is 22.9 Å². The molecule has 6 heteroatoms. The van der Waals surface area contributed by atoms with Crippen molar-refractivity contribution in [1.82, 2.24) is 9.97 Å². The van der Waals surface area contributed by atoms with Gasteiger partial charge in [0.05, 0.1) is 4.90 Å². The molecule has 1 N–H and O–H groups in total. The van der Waals surface area contributed by atoms with Crippen LogP contribution in [0.2, 0.25) is 0 Å². The molecule has 1 heterocycles. The maximum atomic E-state index is 12.6. The van der Waals surface area contributed by atoms with Gasteiger partial charge in [0.25, 0.3) is 10.0 Å². The van der Waals surface area contributed by atoms with E-state index in [-0.39, 0.29) is 10.8 Å². The minimum Gasteiger partial charge on any atom is -0.247 e. The number of hydrogen-bond donors (Lipinski definition) is 1. The molecular weight excluding hydrogens is 334 g/mol. The maximum Gasteiger partial charge on any atom is 0.264 e. The molecule has 0 spiro atoms. The molecule has 4 rings (SSSR count). The molecule has 5 nitrogen and oxygen atoms in total.